The molecule has 0 bridgehead atoms. The Hall–Kier alpha value is -3.93. The maximum Gasteiger partial charge on any atom is 0.427 e. The van der Waals surface area contributed by atoms with Gasteiger partial charge in [0.1, 0.15) is 21.3 Å². The number of alkyl halides is 8. The number of anilines is 1. The van der Waals surface area contributed by atoms with Gasteiger partial charge in [0.25, 0.3) is 11.1 Å². The fourth-order valence-electron chi connectivity index (χ4n) is 4.08. The first kappa shape index (κ1) is 31.0. The van der Waals surface area contributed by atoms with E-state index in [2.05, 4.69) is 20.1 Å². The van der Waals surface area contributed by atoms with Crippen LogP contribution in [-0.4, -0.2) is 39.0 Å². The van der Waals surface area contributed by atoms with E-state index in [-0.39, 0.29) is 52.1 Å². The molecule has 2 N–H and O–H groups in total. The summed E-state index contributed by atoms with van der Waals surface area (Å²) in [6.07, 6.45) is -7.25. The van der Waals surface area contributed by atoms with Crippen LogP contribution >= 0.6 is 11.3 Å². The number of hydrogen-bond donors (Lipinski definition) is 2. The van der Waals surface area contributed by atoms with Crippen LogP contribution in [0.15, 0.2) is 46.4 Å². The molecule has 3 aromatic heterocycles. The van der Waals surface area contributed by atoms with Crippen molar-refractivity contribution in [2.75, 3.05) is 11.9 Å². The second-order valence-electron chi connectivity index (χ2n) is 8.82. The van der Waals surface area contributed by atoms with E-state index in [0.29, 0.717) is 12.4 Å². The normalized spacial score (nSPS) is 13.2. The van der Waals surface area contributed by atoms with Crippen LogP contribution in [0.5, 0.6) is 0 Å². The highest BCUT2D eigenvalue weighted by atomic mass is 32.1. The monoisotopic (exact) mass is 627 g/mol. The Labute approximate surface area is 232 Å². The molecule has 0 spiro atoms. The Morgan fingerprint density at radius 3 is 2.45 bits per heavy atom. The molecule has 0 fully saturated rings. The van der Waals surface area contributed by atoms with Gasteiger partial charge >= 0.3 is 19.0 Å². The van der Waals surface area contributed by atoms with Crippen LogP contribution in [0.2, 0.25) is 0 Å². The molecule has 0 aliphatic rings. The van der Waals surface area contributed by atoms with Crippen LogP contribution in [-0.2, 0) is 23.6 Å². The third-order valence-corrected chi connectivity index (χ3v) is 7.03. The summed E-state index contributed by atoms with van der Waals surface area (Å²) >= 11 is 0.238. The van der Waals surface area contributed by atoms with Gasteiger partial charge in [-0.05, 0) is 36.4 Å². The number of H-pyrrole nitrogens is 1. The largest absolute Gasteiger partial charge is 0.427 e. The zero-order valence-corrected chi connectivity index (χ0v) is 21.6. The van der Waals surface area contributed by atoms with Crippen molar-refractivity contribution in [2.24, 2.45) is 0 Å². The highest BCUT2D eigenvalue weighted by Gasteiger charge is 2.38. The summed E-state index contributed by atoms with van der Waals surface area (Å²) in [5.41, 5.74) is -4.83. The van der Waals surface area contributed by atoms with Gasteiger partial charge in [-0.1, -0.05) is 0 Å². The van der Waals surface area contributed by atoms with Crippen molar-refractivity contribution in [2.45, 2.75) is 44.4 Å². The lowest BCUT2D eigenvalue weighted by Crippen LogP contribution is -2.32. The molecule has 1 atom stereocenters. The molecule has 0 saturated carbocycles. The molecule has 226 valence electrons. The molecule has 0 unspecified atom stereocenters. The van der Waals surface area contributed by atoms with Crippen LogP contribution in [0.25, 0.3) is 21.3 Å². The smallest absolute Gasteiger partial charge is 0.378 e. The van der Waals surface area contributed by atoms with Gasteiger partial charge in [0, 0.05) is 24.3 Å². The van der Waals surface area contributed by atoms with Gasteiger partial charge in [-0.15, -0.1) is 11.3 Å². The Balaban J connectivity index is 1.53. The molecule has 42 heavy (non-hydrogen) atoms. The second kappa shape index (κ2) is 12.1. The zero-order valence-electron chi connectivity index (χ0n) is 20.8. The Morgan fingerprint density at radius 1 is 1.07 bits per heavy atom. The first-order valence-electron chi connectivity index (χ1n) is 11.8. The number of nitrogens with one attached hydrogen (secondary N) is 2. The summed E-state index contributed by atoms with van der Waals surface area (Å²) in [6, 6.07) is 2.29. The van der Waals surface area contributed by atoms with Gasteiger partial charge < -0.3 is 14.6 Å². The third-order valence-electron chi connectivity index (χ3n) is 5.95. The number of hydrogen-bond acceptors (Lipinski definition) is 7. The van der Waals surface area contributed by atoms with Gasteiger partial charge in [0.15, 0.2) is 0 Å². The first-order chi connectivity index (χ1) is 19.6. The SMILES string of the molecule is O=c1[nH]ncc(N[C@H](CCCn2ccc3cc(-c4ncc(C(F)(F)F)s4)c(F)cc3c2=O)COC(F)F)c1C(F)(F)F. The van der Waals surface area contributed by atoms with Gasteiger partial charge in [0.05, 0.1) is 30.1 Å². The third kappa shape index (κ3) is 7.10. The summed E-state index contributed by atoms with van der Waals surface area (Å²) in [5, 5.41) is 7.17. The maximum atomic E-state index is 14.8. The molecule has 4 aromatic rings. The summed E-state index contributed by atoms with van der Waals surface area (Å²) in [7, 11) is 0. The molecule has 0 aliphatic carbocycles. The zero-order chi connectivity index (χ0) is 30.8. The molecular formula is C24H18F9N5O3S. The van der Waals surface area contributed by atoms with E-state index in [9.17, 15) is 49.1 Å². The van der Waals surface area contributed by atoms with Gasteiger partial charge in [-0.3, -0.25) is 9.59 Å². The molecule has 4 rings (SSSR count). The van der Waals surface area contributed by atoms with Gasteiger partial charge in [-0.25, -0.2) is 14.5 Å². The topological polar surface area (TPSA) is 102 Å². The number of aryl methyl sites for hydroxylation is 1. The molecule has 1 aromatic carbocycles. The summed E-state index contributed by atoms with van der Waals surface area (Å²) in [4.78, 5) is 27.3. The standard InChI is InChI=1S/C24H18F9N5O3S/c25-15-7-13-11(6-14(15)20-34-9-17(42-20)23(28,29)30)3-5-38(21(13)40)4-1-2-12(10-41-22(26)27)36-16-8-35-37-19(39)18(16)24(31,32)33/h3,5-9,12,22H,1-2,4,10H2,(H2,36,37,39)/t12-/m1/s1. The minimum Gasteiger partial charge on any atom is -0.378 e. The van der Waals surface area contributed by atoms with Gasteiger partial charge in [0.2, 0.25) is 0 Å². The van der Waals surface area contributed by atoms with Crippen LogP contribution in [0.1, 0.15) is 23.3 Å². The highest BCUT2D eigenvalue weighted by molar-refractivity contribution is 7.15. The van der Waals surface area contributed by atoms with E-state index in [0.717, 1.165) is 10.6 Å². The van der Waals surface area contributed by atoms with E-state index in [1.807, 2.05) is 0 Å². The van der Waals surface area contributed by atoms with Crippen molar-refractivity contribution < 1.29 is 44.3 Å². The molecular weight excluding hydrogens is 609 g/mol. The predicted octanol–water partition coefficient (Wildman–Crippen LogP) is 5.89. The predicted molar refractivity (Wildman–Crippen MR) is 133 cm³/mol. The number of ether oxygens (including phenoxy) is 1. The average molecular weight is 627 g/mol. The minimum absolute atomic E-state index is 0.0353. The first-order valence-corrected chi connectivity index (χ1v) is 12.6. The van der Waals surface area contributed by atoms with Crippen molar-refractivity contribution in [3.63, 3.8) is 0 Å². The van der Waals surface area contributed by atoms with Crippen LogP contribution < -0.4 is 16.4 Å². The number of fused-ring (bicyclic) bond motifs is 1. The number of rotatable bonds is 10. The Bertz CT molecular complexity index is 1680. The van der Waals surface area contributed by atoms with Crippen molar-refractivity contribution >= 4 is 27.8 Å². The maximum absolute atomic E-state index is 14.8. The summed E-state index contributed by atoms with van der Waals surface area (Å²) in [6.45, 7) is -4.07. The number of nitrogens with zero attached hydrogens (tertiary/aromatic N) is 3. The molecule has 0 amide bonds. The fourth-order valence-corrected chi connectivity index (χ4v) is 4.88. The van der Waals surface area contributed by atoms with Crippen LogP contribution in [0.4, 0.5) is 45.2 Å². The number of pyridine rings is 1. The summed E-state index contributed by atoms with van der Waals surface area (Å²) < 4.78 is 124. The fraction of sp³-hybridized carbons (Fsp3) is 0.333. The van der Waals surface area contributed by atoms with E-state index >= 15 is 0 Å². The lowest BCUT2D eigenvalue weighted by atomic mass is 10.1. The highest BCUT2D eigenvalue weighted by Crippen LogP contribution is 2.38. The van der Waals surface area contributed by atoms with Crippen molar-refractivity contribution in [3.05, 3.63) is 73.8 Å². The van der Waals surface area contributed by atoms with E-state index in [1.165, 1.54) is 18.3 Å². The van der Waals surface area contributed by atoms with Gasteiger partial charge in [-0.2, -0.15) is 40.2 Å². The number of halogens is 9. The number of aromatic amines is 1. The van der Waals surface area contributed by atoms with E-state index in [1.54, 1.807) is 5.10 Å². The lowest BCUT2D eigenvalue weighted by Gasteiger charge is -2.22. The van der Waals surface area contributed by atoms with Crippen molar-refractivity contribution in [3.8, 4) is 10.6 Å². The van der Waals surface area contributed by atoms with Crippen molar-refractivity contribution in [1.29, 1.82) is 0 Å². The number of thiazole rings is 1. The average Bonchev–Trinajstić information content (AvgIpc) is 3.39. The Morgan fingerprint density at radius 2 is 1.81 bits per heavy atom. The molecule has 18 heteroatoms. The molecule has 0 saturated heterocycles. The Kier molecular flexibility index (Phi) is 8.95. The van der Waals surface area contributed by atoms with E-state index < -0.39 is 64.7 Å². The minimum atomic E-state index is -5.08. The second-order valence-corrected chi connectivity index (χ2v) is 9.85. The van der Waals surface area contributed by atoms with Crippen LogP contribution in [0, 0.1) is 5.82 Å². The van der Waals surface area contributed by atoms with E-state index in [4.69, 9.17) is 0 Å². The molecule has 8 nitrogen and oxygen atoms in total. The molecule has 0 radical (unpaired) electrons. The van der Waals surface area contributed by atoms with Crippen LogP contribution in [0.3, 0.4) is 0 Å². The summed E-state index contributed by atoms with van der Waals surface area (Å²) in [5.74, 6) is -0.985. The molecule has 0 aliphatic heterocycles. The number of aromatic nitrogens is 4. The number of benzene rings is 1. The lowest BCUT2D eigenvalue weighted by molar-refractivity contribution is -0.138. The van der Waals surface area contributed by atoms with Crippen molar-refractivity contribution in [1.82, 2.24) is 19.7 Å². The molecule has 3 heterocycles. The quantitative estimate of drug-likeness (QED) is 0.213.